The van der Waals surface area contributed by atoms with Gasteiger partial charge in [0.1, 0.15) is 6.54 Å². The van der Waals surface area contributed by atoms with E-state index in [9.17, 15) is 19.2 Å². The predicted molar refractivity (Wildman–Crippen MR) is 89.2 cm³/mol. The number of carbonyl (C=O) groups excluding carboxylic acids is 4. The van der Waals surface area contributed by atoms with Gasteiger partial charge in [0.15, 0.2) is 6.10 Å². The zero-order valence-corrected chi connectivity index (χ0v) is 14.8. The van der Waals surface area contributed by atoms with Crippen LogP contribution >= 0.6 is 15.9 Å². The second-order valence-corrected chi connectivity index (χ2v) is 5.59. The molecular weight excluding hydrogens is 382 g/mol. The molecule has 1 atom stereocenters. The van der Waals surface area contributed by atoms with Crippen molar-refractivity contribution in [3.05, 3.63) is 34.3 Å². The van der Waals surface area contributed by atoms with Crippen LogP contribution in [0.4, 0.5) is 4.79 Å². The van der Waals surface area contributed by atoms with E-state index in [0.717, 1.165) is 4.47 Å². The molecule has 8 nitrogen and oxygen atoms in total. The third-order valence-electron chi connectivity index (χ3n) is 2.73. The lowest BCUT2D eigenvalue weighted by molar-refractivity contribution is -0.153. The Labute approximate surface area is 147 Å². The van der Waals surface area contributed by atoms with Gasteiger partial charge in [0.2, 0.25) is 0 Å². The van der Waals surface area contributed by atoms with Crippen molar-refractivity contribution in [3.8, 4) is 0 Å². The third-order valence-corrected chi connectivity index (χ3v) is 3.22. The summed E-state index contributed by atoms with van der Waals surface area (Å²) in [6.45, 7) is 2.98. The molecule has 1 aromatic rings. The van der Waals surface area contributed by atoms with E-state index >= 15 is 0 Å². The minimum Gasteiger partial charge on any atom is -0.451 e. The Kier molecular flexibility index (Phi) is 7.90. The normalized spacial score (nSPS) is 11.1. The highest BCUT2D eigenvalue weighted by Gasteiger charge is 2.20. The van der Waals surface area contributed by atoms with Crippen LogP contribution in [0.1, 0.15) is 24.2 Å². The lowest BCUT2D eigenvalue weighted by Crippen LogP contribution is -2.45. The van der Waals surface area contributed by atoms with Crippen LogP contribution in [0.5, 0.6) is 0 Å². The van der Waals surface area contributed by atoms with Gasteiger partial charge >= 0.3 is 12.0 Å². The van der Waals surface area contributed by atoms with Gasteiger partial charge in [0.05, 0.1) is 0 Å². The molecule has 4 amide bonds. The van der Waals surface area contributed by atoms with Gasteiger partial charge in [0, 0.05) is 16.6 Å². The number of benzene rings is 1. The van der Waals surface area contributed by atoms with Crippen molar-refractivity contribution in [3.63, 3.8) is 0 Å². The van der Waals surface area contributed by atoms with Crippen molar-refractivity contribution in [2.24, 2.45) is 0 Å². The molecule has 0 radical (unpaired) electrons. The number of carbonyl (C=O) groups is 4. The van der Waals surface area contributed by atoms with Gasteiger partial charge in [-0.05, 0) is 32.0 Å². The molecule has 0 heterocycles. The van der Waals surface area contributed by atoms with E-state index in [4.69, 9.17) is 4.74 Å². The van der Waals surface area contributed by atoms with E-state index in [1.807, 2.05) is 5.32 Å². The van der Waals surface area contributed by atoms with Crippen LogP contribution in [0.3, 0.4) is 0 Å². The molecule has 1 rings (SSSR count). The molecule has 0 fully saturated rings. The zero-order chi connectivity index (χ0) is 18.1. The Bertz CT molecular complexity index is 635. The molecule has 24 heavy (non-hydrogen) atoms. The number of ether oxygens (including phenoxy) is 1. The Morgan fingerprint density at radius 2 is 1.92 bits per heavy atom. The first-order chi connectivity index (χ1) is 11.3. The number of halogens is 1. The maximum absolute atomic E-state index is 11.9. The molecule has 0 saturated heterocycles. The molecule has 130 valence electrons. The summed E-state index contributed by atoms with van der Waals surface area (Å²) >= 11 is 3.24. The molecular formula is C15H18BrN3O5. The average molecular weight is 400 g/mol. The van der Waals surface area contributed by atoms with E-state index < -0.39 is 36.5 Å². The van der Waals surface area contributed by atoms with Gasteiger partial charge in [-0.3, -0.25) is 19.7 Å². The number of rotatable bonds is 6. The number of esters is 1. The Balaban J connectivity index is 2.41. The van der Waals surface area contributed by atoms with Crippen molar-refractivity contribution in [1.29, 1.82) is 0 Å². The summed E-state index contributed by atoms with van der Waals surface area (Å²) in [4.78, 5) is 46.3. The van der Waals surface area contributed by atoms with Crippen LogP contribution in [0, 0.1) is 0 Å². The first-order valence-corrected chi connectivity index (χ1v) is 7.94. The fourth-order valence-electron chi connectivity index (χ4n) is 1.59. The average Bonchev–Trinajstić information content (AvgIpc) is 2.52. The largest absolute Gasteiger partial charge is 0.451 e. The molecule has 9 heteroatoms. The van der Waals surface area contributed by atoms with Crippen LogP contribution < -0.4 is 16.0 Å². The van der Waals surface area contributed by atoms with Gasteiger partial charge in [-0.1, -0.05) is 22.0 Å². The minimum atomic E-state index is -1.16. The fraction of sp³-hybridized carbons (Fsp3) is 0.333. The molecule has 1 aromatic carbocycles. The number of amides is 4. The van der Waals surface area contributed by atoms with E-state index in [0.29, 0.717) is 12.1 Å². The number of imide groups is 1. The molecule has 0 aliphatic heterocycles. The van der Waals surface area contributed by atoms with Crippen LogP contribution in [0.25, 0.3) is 0 Å². The van der Waals surface area contributed by atoms with Gasteiger partial charge in [-0.2, -0.15) is 0 Å². The van der Waals surface area contributed by atoms with E-state index in [1.165, 1.54) is 6.92 Å². The highest BCUT2D eigenvalue weighted by Crippen LogP contribution is 2.11. The summed E-state index contributed by atoms with van der Waals surface area (Å²) in [5.41, 5.74) is 0.374. The molecule has 3 N–H and O–H groups in total. The summed E-state index contributed by atoms with van der Waals surface area (Å²) in [7, 11) is 0. The lowest BCUT2D eigenvalue weighted by Gasteiger charge is -2.13. The van der Waals surface area contributed by atoms with Crippen molar-refractivity contribution in [2.45, 2.75) is 20.0 Å². The number of urea groups is 1. The van der Waals surface area contributed by atoms with Gasteiger partial charge < -0.3 is 15.4 Å². The third kappa shape index (κ3) is 6.78. The first-order valence-electron chi connectivity index (χ1n) is 7.15. The first kappa shape index (κ1) is 19.6. The van der Waals surface area contributed by atoms with Crippen LogP contribution in [0.2, 0.25) is 0 Å². The number of hydrogen-bond acceptors (Lipinski definition) is 5. The summed E-state index contributed by atoms with van der Waals surface area (Å²) < 4.78 is 5.58. The highest BCUT2D eigenvalue weighted by atomic mass is 79.9. The highest BCUT2D eigenvalue weighted by molar-refractivity contribution is 9.10. The van der Waals surface area contributed by atoms with E-state index in [-0.39, 0.29) is 0 Å². The number of nitrogens with one attached hydrogen (secondary N) is 3. The minimum absolute atomic E-state index is 0.356. The molecule has 0 aliphatic carbocycles. The predicted octanol–water partition coefficient (Wildman–Crippen LogP) is 0.956. The maximum Gasteiger partial charge on any atom is 0.326 e. The second-order valence-electron chi connectivity index (χ2n) is 4.67. The summed E-state index contributed by atoms with van der Waals surface area (Å²) in [6, 6.07) is 5.97. The number of hydrogen-bond donors (Lipinski definition) is 3. The second kappa shape index (κ2) is 9.66. The summed E-state index contributed by atoms with van der Waals surface area (Å²) in [5.74, 6) is -2.00. The molecule has 0 aromatic heterocycles. The van der Waals surface area contributed by atoms with E-state index in [2.05, 4.69) is 26.6 Å². The van der Waals surface area contributed by atoms with Gasteiger partial charge in [0.25, 0.3) is 11.8 Å². The summed E-state index contributed by atoms with van der Waals surface area (Å²) in [6.07, 6.45) is -1.16. The molecule has 0 saturated carbocycles. The Hall–Kier alpha value is -2.42. The maximum atomic E-state index is 11.9. The lowest BCUT2D eigenvalue weighted by atomic mass is 10.2. The van der Waals surface area contributed by atoms with Gasteiger partial charge in [-0.15, -0.1) is 0 Å². The topological polar surface area (TPSA) is 114 Å². The monoisotopic (exact) mass is 399 g/mol. The standard InChI is InChI=1S/C15H18BrN3O5/c1-3-17-15(23)19-13(21)9(2)24-12(20)8-18-14(22)10-5-4-6-11(16)7-10/h4-7,9H,3,8H2,1-2H3,(H,18,22)(H2,17,19,21,23). The molecule has 0 aliphatic rings. The van der Waals surface area contributed by atoms with Crippen LogP contribution in [-0.2, 0) is 14.3 Å². The van der Waals surface area contributed by atoms with Crippen LogP contribution in [-0.4, -0.2) is 43.0 Å². The van der Waals surface area contributed by atoms with Crippen molar-refractivity contribution < 1.29 is 23.9 Å². The van der Waals surface area contributed by atoms with E-state index in [1.54, 1.807) is 31.2 Å². The van der Waals surface area contributed by atoms with Crippen LogP contribution in [0.15, 0.2) is 28.7 Å². The smallest absolute Gasteiger partial charge is 0.326 e. The zero-order valence-electron chi connectivity index (χ0n) is 13.2. The molecule has 1 unspecified atom stereocenters. The summed E-state index contributed by atoms with van der Waals surface area (Å²) in [5, 5.41) is 6.79. The van der Waals surface area contributed by atoms with Crippen molar-refractivity contribution in [2.75, 3.05) is 13.1 Å². The molecule has 0 bridgehead atoms. The fourth-order valence-corrected chi connectivity index (χ4v) is 1.99. The van der Waals surface area contributed by atoms with Gasteiger partial charge in [-0.25, -0.2) is 4.79 Å². The van der Waals surface area contributed by atoms with Crippen molar-refractivity contribution in [1.82, 2.24) is 16.0 Å². The Morgan fingerprint density at radius 1 is 1.21 bits per heavy atom. The quantitative estimate of drug-likeness (QED) is 0.616. The SMILES string of the molecule is CCNC(=O)NC(=O)C(C)OC(=O)CNC(=O)c1cccc(Br)c1. The Morgan fingerprint density at radius 3 is 2.54 bits per heavy atom. The molecule has 0 spiro atoms. The van der Waals surface area contributed by atoms with Crippen molar-refractivity contribution >= 4 is 39.7 Å².